The molecule has 1 aromatic carbocycles. The fraction of sp³-hybridized carbons (Fsp3) is 0.600. The van der Waals surface area contributed by atoms with Crippen molar-refractivity contribution in [2.75, 3.05) is 5.32 Å². The number of hydrogen-bond donors (Lipinski definition) is 2. The first kappa shape index (κ1) is 15.3. The highest BCUT2D eigenvalue weighted by molar-refractivity contribution is 7.89. The Labute approximate surface area is 122 Å². The lowest BCUT2D eigenvalue weighted by Gasteiger charge is -2.22. The van der Waals surface area contributed by atoms with Crippen molar-refractivity contribution in [3.05, 3.63) is 24.3 Å². The molecular weight excluding hydrogens is 272 g/mol. The van der Waals surface area contributed by atoms with Crippen LogP contribution in [0.25, 0.3) is 0 Å². The van der Waals surface area contributed by atoms with Gasteiger partial charge in [0.2, 0.25) is 10.0 Å². The van der Waals surface area contributed by atoms with Crippen LogP contribution in [0.2, 0.25) is 0 Å². The summed E-state index contributed by atoms with van der Waals surface area (Å²) in [5, 5.41) is 3.34. The molecule has 0 amide bonds. The summed E-state index contributed by atoms with van der Waals surface area (Å²) in [7, 11) is -3.42. The van der Waals surface area contributed by atoms with Gasteiger partial charge in [-0.3, -0.25) is 0 Å². The molecule has 0 heterocycles. The highest BCUT2D eigenvalue weighted by Gasteiger charge is 2.29. The molecule has 0 spiro atoms. The monoisotopic (exact) mass is 296 g/mol. The first-order chi connectivity index (χ1) is 9.44. The fourth-order valence-corrected chi connectivity index (χ4v) is 3.52. The predicted octanol–water partition coefficient (Wildman–Crippen LogP) is 2.97. The second kappa shape index (κ2) is 6.14. The third-order valence-corrected chi connectivity index (χ3v) is 5.54. The second-order valence-electron chi connectivity index (χ2n) is 5.71. The maximum Gasteiger partial charge on any atom is 0.242 e. The molecule has 0 aromatic heterocycles. The Balaban J connectivity index is 2.21. The van der Waals surface area contributed by atoms with Gasteiger partial charge < -0.3 is 5.32 Å². The molecule has 2 unspecified atom stereocenters. The molecule has 5 heteroatoms. The molecule has 112 valence electrons. The summed E-state index contributed by atoms with van der Waals surface area (Å²) >= 11 is 0. The SMILES string of the molecule is CCC(C)C(C)Nc1ccccc1S(=O)(=O)NC1CC1. The maximum atomic E-state index is 12.4. The van der Waals surface area contributed by atoms with Crippen LogP contribution in [0.1, 0.15) is 40.0 Å². The van der Waals surface area contributed by atoms with Gasteiger partial charge in [-0.05, 0) is 37.8 Å². The average Bonchev–Trinajstić information content (AvgIpc) is 3.21. The highest BCUT2D eigenvalue weighted by Crippen LogP contribution is 2.27. The van der Waals surface area contributed by atoms with Crippen LogP contribution < -0.4 is 10.0 Å². The van der Waals surface area contributed by atoms with E-state index in [1.54, 1.807) is 12.1 Å². The molecule has 20 heavy (non-hydrogen) atoms. The minimum atomic E-state index is -3.42. The Bertz CT molecular complexity index is 553. The van der Waals surface area contributed by atoms with Crippen LogP contribution in [-0.2, 0) is 10.0 Å². The number of benzene rings is 1. The van der Waals surface area contributed by atoms with Crippen LogP contribution in [0.5, 0.6) is 0 Å². The Morgan fingerprint density at radius 3 is 2.50 bits per heavy atom. The lowest BCUT2D eigenvalue weighted by Crippen LogP contribution is -2.28. The molecule has 1 aromatic rings. The van der Waals surface area contributed by atoms with Crippen LogP contribution in [0.3, 0.4) is 0 Å². The Morgan fingerprint density at radius 1 is 1.25 bits per heavy atom. The summed E-state index contributed by atoms with van der Waals surface area (Å²) < 4.78 is 27.5. The molecule has 0 radical (unpaired) electrons. The molecular formula is C15H24N2O2S. The second-order valence-corrected chi connectivity index (χ2v) is 7.39. The minimum absolute atomic E-state index is 0.125. The molecule has 0 bridgehead atoms. The van der Waals surface area contributed by atoms with Crippen LogP contribution in [0.4, 0.5) is 5.69 Å². The number of anilines is 1. The zero-order valence-electron chi connectivity index (χ0n) is 12.4. The summed E-state index contributed by atoms with van der Waals surface area (Å²) in [6.07, 6.45) is 2.94. The van der Waals surface area contributed by atoms with Crippen LogP contribution in [-0.4, -0.2) is 20.5 Å². The smallest absolute Gasteiger partial charge is 0.242 e. The molecule has 0 aliphatic heterocycles. The first-order valence-corrected chi connectivity index (χ1v) is 8.80. The van der Waals surface area contributed by atoms with Gasteiger partial charge in [-0.2, -0.15) is 0 Å². The number of para-hydroxylation sites is 1. The highest BCUT2D eigenvalue weighted by atomic mass is 32.2. The number of nitrogens with one attached hydrogen (secondary N) is 2. The zero-order valence-corrected chi connectivity index (χ0v) is 13.2. The molecule has 2 rings (SSSR count). The van der Waals surface area contributed by atoms with Gasteiger partial charge in [0, 0.05) is 12.1 Å². The Hall–Kier alpha value is -1.07. The molecule has 1 aliphatic rings. The Kier molecular flexibility index (Phi) is 4.70. The molecule has 2 N–H and O–H groups in total. The quantitative estimate of drug-likeness (QED) is 0.813. The molecule has 1 fully saturated rings. The van der Waals surface area contributed by atoms with E-state index in [1.165, 1.54) is 0 Å². The van der Waals surface area contributed by atoms with E-state index in [9.17, 15) is 8.42 Å². The van der Waals surface area contributed by atoms with Crippen molar-refractivity contribution in [1.82, 2.24) is 4.72 Å². The van der Waals surface area contributed by atoms with E-state index in [0.29, 0.717) is 16.5 Å². The van der Waals surface area contributed by atoms with Crippen molar-refractivity contribution >= 4 is 15.7 Å². The fourth-order valence-electron chi connectivity index (χ4n) is 2.05. The first-order valence-electron chi connectivity index (χ1n) is 7.32. The van der Waals surface area contributed by atoms with Gasteiger partial charge in [0.15, 0.2) is 0 Å². The average molecular weight is 296 g/mol. The van der Waals surface area contributed by atoms with E-state index in [0.717, 1.165) is 19.3 Å². The van der Waals surface area contributed by atoms with Gasteiger partial charge in [0.05, 0.1) is 5.69 Å². The van der Waals surface area contributed by atoms with Gasteiger partial charge in [0.1, 0.15) is 4.90 Å². The number of hydrogen-bond acceptors (Lipinski definition) is 3. The van der Waals surface area contributed by atoms with Gasteiger partial charge in [-0.1, -0.05) is 32.4 Å². The molecule has 1 saturated carbocycles. The zero-order chi connectivity index (χ0) is 14.8. The van der Waals surface area contributed by atoms with Crippen LogP contribution >= 0.6 is 0 Å². The molecule has 2 atom stereocenters. The third kappa shape index (κ3) is 3.73. The van der Waals surface area contributed by atoms with E-state index >= 15 is 0 Å². The Morgan fingerprint density at radius 2 is 1.90 bits per heavy atom. The summed E-state index contributed by atoms with van der Waals surface area (Å²) in [5.41, 5.74) is 0.688. The summed E-state index contributed by atoms with van der Waals surface area (Å²) in [6, 6.07) is 7.48. The third-order valence-electron chi connectivity index (χ3n) is 3.96. The van der Waals surface area contributed by atoms with Crippen molar-refractivity contribution in [2.45, 2.75) is 57.0 Å². The summed E-state index contributed by atoms with van der Waals surface area (Å²) in [6.45, 7) is 6.39. The van der Waals surface area contributed by atoms with E-state index in [1.807, 2.05) is 12.1 Å². The number of rotatable bonds is 7. The van der Waals surface area contributed by atoms with E-state index < -0.39 is 10.0 Å². The van der Waals surface area contributed by atoms with Crippen molar-refractivity contribution in [3.8, 4) is 0 Å². The molecule has 1 aliphatic carbocycles. The minimum Gasteiger partial charge on any atom is -0.381 e. The summed E-state index contributed by atoms with van der Waals surface area (Å²) in [5.74, 6) is 0.488. The lowest BCUT2D eigenvalue weighted by molar-refractivity contribution is 0.493. The van der Waals surface area contributed by atoms with E-state index in [4.69, 9.17) is 0 Å². The van der Waals surface area contributed by atoms with Crippen LogP contribution in [0.15, 0.2) is 29.2 Å². The van der Waals surface area contributed by atoms with Crippen molar-refractivity contribution < 1.29 is 8.42 Å². The molecule has 0 saturated heterocycles. The topological polar surface area (TPSA) is 58.2 Å². The standard InChI is InChI=1S/C15H24N2O2S/c1-4-11(2)12(3)16-14-7-5-6-8-15(14)20(18,19)17-13-9-10-13/h5-8,11-13,16-17H,4,9-10H2,1-3H3. The van der Waals surface area contributed by atoms with Crippen molar-refractivity contribution in [3.63, 3.8) is 0 Å². The van der Waals surface area contributed by atoms with Crippen LogP contribution in [0, 0.1) is 5.92 Å². The van der Waals surface area contributed by atoms with Crippen molar-refractivity contribution in [1.29, 1.82) is 0 Å². The van der Waals surface area contributed by atoms with E-state index in [2.05, 4.69) is 30.8 Å². The van der Waals surface area contributed by atoms with Gasteiger partial charge >= 0.3 is 0 Å². The van der Waals surface area contributed by atoms with Gasteiger partial charge in [0.25, 0.3) is 0 Å². The summed E-state index contributed by atoms with van der Waals surface area (Å²) in [4.78, 5) is 0.349. The predicted molar refractivity (Wildman–Crippen MR) is 82.3 cm³/mol. The number of sulfonamides is 1. The van der Waals surface area contributed by atoms with Gasteiger partial charge in [-0.15, -0.1) is 0 Å². The maximum absolute atomic E-state index is 12.4. The largest absolute Gasteiger partial charge is 0.381 e. The molecule has 4 nitrogen and oxygen atoms in total. The van der Waals surface area contributed by atoms with Crippen molar-refractivity contribution in [2.24, 2.45) is 5.92 Å². The lowest BCUT2D eigenvalue weighted by atomic mass is 10.0. The normalized spacial score (nSPS) is 18.6. The van der Waals surface area contributed by atoms with E-state index in [-0.39, 0.29) is 12.1 Å². The van der Waals surface area contributed by atoms with Gasteiger partial charge in [-0.25, -0.2) is 13.1 Å².